The van der Waals surface area contributed by atoms with Crippen LogP contribution in [-0.2, 0) is 0 Å². The largest absolute Gasteiger partial charge is 0.432 e. The summed E-state index contributed by atoms with van der Waals surface area (Å²) < 4.78 is 52.4. The maximum absolute atomic E-state index is 14.5. The molecule has 0 unspecified atom stereocenters. The molecule has 0 atom stereocenters. The predicted octanol–water partition coefficient (Wildman–Crippen LogP) is 5.67. The number of aryl methyl sites for hydroxylation is 1. The van der Waals surface area contributed by atoms with Crippen LogP contribution < -0.4 is 10.6 Å². The number of allylic oxidation sites excluding steroid dienone is 2. The molecule has 0 spiro atoms. The van der Waals surface area contributed by atoms with Gasteiger partial charge in [-0.15, -0.1) is 0 Å². The van der Waals surface area contributed by atoms with Crippen molar-refractivity contribution >= 4 is 23.0 Å². The Labute approximate surface area is 165 Å². The van der Waals surface area contributed by atoms with E-state index in [4.69, 9.17) is 5.41 Å². The van der Waals surface area contributed by atoms with E-state index in [-0.39, 0.29) is 28.9 Å². The molecule has 0 bridgehead atoms. The molecule has 8 heteroatoms. The van der Waals surface area contributed by atoms with E-state index in [1.165, 1.54) is 12.1 Å². The van der Waals surface area contributed by atoms with Gasteiger partial charge in [0.25, 0.3) is 5.91 Å². The minimum Gasteiger partial charge on any atom is -0.356 e. The van der Waals surface area contributed by atoms with Crippen molar-refractivity contribution in [2.75, 3.05) is 10.6 Å². The Bertz CT molecular complexity index is 978. The second-order valence-electron chi connectivity index (χ2n) is 6.87. The summed E-state index contributed by atoms with van der Waals surface area (Å²) in [5.41, 5.74) is 0.0976. The molecule has 152 valence electrons. The van der Waals surface area contributed by atoms with Crippen molar-refractivity contribution < 1.29 is 22.4 Å². The minimum atomic E-state index is -4.76. The lowest BCUT2D eigenvalue weighted by Crippen LogP contribution is -2.21. The summed E-state index contributed by atoms with van der Waals surface area (Å²) in [7, 11) is 0. The van der Waals surface area contributed by atoms with Gasteiger partial charge in [0, 0.05) is 16.9 Å². The highest BCUT2D eigenvalue weighted by Crippen LogP contribution is 2.38. The van der Waals surface area contributed by atoms with Crippen molar-refractivity contribution in [3.05, 3.63) is 71.2 Å². The third-order valence-corrected chi connectivity index (χ3v) is 4.52. The topological polar surface area (TPSA) is 65.0 Å². The van der Waals surface area contributed by atoms with Gasteiger partial charge in [0.1, 0.15) is 11.5 Å². The van der Waals surface area contributed by atoms with Crippen molar-refractivity contribution in [1.29, 1.82) is 5.41 Å². The molecule has 0 radical (unpaired) electrons. The highest BCUT2D eigenvalue weighted by atomic mass is 19.4. The second kappa shape index (κ2) is 8.06. The first-order valence-corrected chi connectivity index (χ1v) is 8.96. The minimum absolute atomic E-state index is 0.0213. The SMILES string of the molecule is Cc1ccccc1C(=O)Nc1ccc(N/C(=C\C(=N)C(F)(F)F)C2CC2)c(F)c1. The summed E-state index contributed by atoms with van der Waals surface area (Å²) in [6.07, 6.45) is -2.71. The number of hydrogen-bond donors (Lipinski definition) is 3. The van der Waals surface area contributed by atoms with E-state index in [0.717, 1.165) is 11.6 Å². The summed E-state index contributed by atoms with van der Waals surface area (Å²) in [5.74, 6) is -1.27. The Hall–Kier alpha value is -3.16. The first kappa shape index (κ1) is 20.6. The molecule has 2 aromatic rings. The Morgan fingerprint density at radius 2 is 1.83 bits per heavy atom. The van der Waals surface area contributed by atoms with Crippen molar-refractivity contribution in [3.8, 4) is 0 Å². The molecule has 0 saturated heterocycles. The fourth-order valence-corrected chi connectivity index (χ4v) is 2.76. The summed E-state index contributed by atoms with van der Waals surface area (Å²) in [4.78, 5) is 12.3. The molecule has 0 aliphatic heterocycles. The first-order chi connectivity index (χ1) is 13.6. The smallest absolute Gasteiger partial charge is 0.356 e. The monoisotopic (exact) mass is 405 g/mol. The summed E-state index contributed by atoms with van der Waals surface area (Å²) in [5, 5.41) is 12.4. The van der Waals surface area contributed by atoms with Gasteiger partial charge >= 0.3 is 6.18 Å². The molecule has 2 aromatic carbocycles. The van der Waals surface area contributed by atoms with E-state index in [9.17, 15) is 22.4 Å². The van der Waals surface area contributed by atoms with Crippen LogP contribution in [0.4, 0.5) is 28.9 Å². The molecule has 1 saturated carbocycles. The average molecular weight is 405 g/mol. The number of anilines is 2. The molecule has 0 heterocycles. The van der Waals surface area contributed by atoms with E-state index in [0.29, 0.717) is 24.5 Å². The molecule has 1 amide bonds. The van der Waals surface area contributed by atoms with Crippen LogP contribution in [0.15, 0.2) is 54.2 Å². The van der Waals surface area contributed by atoms with E-state index >= 15 is 0 Å². The zero-order valence-corrected chi connectivity index (χ0v) is 15.5. The number of benzene rings is 2. The van der Waals surface area contributed by atoms with Crippen LogP contribution in [-0.4, -0.2) is 17.8 Å². The quantitative estimate of drug-likeness (QED) is 0.428. The van der Waals surface area contributed by atoms with Gasteiger partial charge in [-0.25, -0.2) is 4.39 Å². The van der Waals surface area contributed by atoms with E-state index < -0.39 is 17.7 Å². The van der Waals surface area contributed by atoms with Gasteiger partial charge in [0.15, 0.2) is 0 Å². The number of halogens is 4. The van der Waals surface area contributed by atoms with E-state index in [2.05, 4.69) is 10.6 Å². The summed E-state index contributed by atoms with van der Waals surface area (Å²) in [6.45, 7) is 1.78. The van der Waals surface area contributed by atoms with Crippen molar-refractivity contribution in [1.82, 2.24) is 0 Å². The van der Waals surface area contributed by atoms with Crippen LogP contribution in [0.5, 0.6) is 0 Å². The van der Waals surface area contributed by atoms with Crippen LogP contribution in [0, 0.1) is 24.1 Å². The lowest BCUT2D eigenvalue weighted by Gasteiger charge is -2.14. The van der Waals surface area contributed by atoms with E-state index in [1.54, 1.807) is 31.2 Å². The second-order valence-corrected chi connectivity index (χ2v) is 6.87. The Kier molecular flexibility index (Phi) is 5.72. The summed E-state index contributed by atoms with van der Waals surface area (Å²) in [6, 6.07) is 10.9. The number of alkyl halides is 3. The number of amides is 1. The third-order valence-electron chi connectivity index (χ3n) is 4.52. The van der Waals surface area contributed by atoms with Crippen molar-refractivity contribution in [2.45, 2.75) is 25.9 Å². The molecule has 1 aliphatic carbocycles. The fourth-order valence-electron chi connectivity index (χ4n) is 2.76. The third kappa shape index (κ3) is 5.22. The molecule has 3 N–H and O–H groups in total. The van der Waals surface area contributed by atoms with Crippen LogP contribution in [0.2, 0.25) is 0 Å². The Balaban J connectivity index is 1.75. The number of carbonyl (C=O) groups excluding carboxylic acids is 1. The zero-order valence-electron chi connectivity index (χ0n) is 15.5. The molecule has 0 aromatic heterocycles. The standard InChI is InChI=1S/C21H19F4N3O/c1-12-4-2-3-5-15(12)20(29)27-14-8-9-17(16(22)10-14)28-18(13-6-7-13)11-19(26)21(23,24)25/h2-5,8-11,13,26,28H,6-7H2,1H3,(H,27,29)/b18-11-,26-19?. The van der Waals surface area contributed by atoms with Gasteiger partial charge in [-0.1, -0.05) is 18.2 Å². The van der Waals surface area contributed by atoms with Crippen LogP contribution in [0.3, 0.4) is 0 Å². The maximum Gasteiger partial charge on any atom is 0.432 e. The van der Waals surface area contributed by atoms with Gasteiger partial charge in [-0.05, 0) is 61.6 Å². The number of hydrogen-bond acceptors (Lipinski definition) is 3. The van der Waals surface area contributed by atoms with Gasteiger partial charge in [-0.2, -0.15) is 13.2 Å². The van der Waals surface area contributed by atoms with Gasteiger partial charge < -0.3 is 10.6 Å². The zero-order chi connectivity index (χ0) is 21.2. The molecule has 1 aliphatic rings. The molecular formula is C21H19F4N3O. The first-order valence-electron chi connectivity index (χ1n) is 8.96. The predicted molar refractivity (Wildman–Crippen MR) is 104 cm³/mol. The average Bonchev–Trinajstić information content (AvgIpc) is 3.47. The Morgan fingerprint density at radius 3 is 2.41 bits per heavy atom. The van der Waals surface area contributed by atoms with Gasteiger partial charge in [-0.3, -0.25) is 10.2 Å². The lowest BCUT2D eigenvalue weighted by molar-refractivity contribution is -0.0584. The molecule has 1 fully saturated rings. The molecule has 3 rings (SSSR count). The number of nitrogens with one attached hydrogen (secondary N) is 3. The van der Waals surface area contributed by atoms with Gasteiger partial charge in [0.05, 0.1) is 5.69 Å². The molecular weight excluding hydrogens is 386 g/mol. The van der Waals surface area contributed by atoms with Gasteiger partial charge in [0.2, 0.25) is 0 Å². The maximum atomic E-state index is 14.5. The highest BCUT2D eigenvalue weighted by molar-refractivity contribution is 6.05. The number of rotatable bonds is 6. The molecule has 29 heavy (non-hydrogen) atoms. The lowest BCUT2D eigenvalue weighted by atomic mass is 10.1. The molecule has 4 nitrogen and oxygen atoms in total. The number of carbonyl (C=O) groups is 1. The van der Waals surface area contributed by atoms with Crippen molar-refractivity contribution in [2.24, 2.45) is 5.92 Å². The fraction of sp³-hybridized carbons (Fsp3) is 0.238. The van der Waals surface area contributed by atoms with Crippen molar-refractivity contribution in [3.63, 3.8) is 0 Å². The highest BCUT2D eigenvalue weighted by Gasteiger charge is 2.35. The van der Waals surface area contributed by atoms with Crippen LogP contribution in [0.1, 0.15) is 28.8 Å². The summed E-state index contributed by atoms with van der Waals surface area (Å²) >= 11 is 0. The van der Waals surface area contributed by atoms with Crippen LogP contribution in [0.25, 0.3) is 0 Å². The Morgan fingerprint density at radius 1 is 1.14 bits per heavy atom. The van der Waals surface area contributed by atoms with E-state index in [1.807, 2.05) is 0 Å². The normalized spacial score (nSPS) is 14.4. The van der Waals surface area contributed by atoms with Crippen LogP contribution >= 0.6 is 0 Å².